The minimum atomic E-state index is -0.130. The molecule has 0 unspecified atom stereocenters. The van der Waals surface area contributed by atoms with Gasteiger partial charge in [0.25, 0.3) is 0 Å². The van der Waals surface area contributed by atoms with Crippen molar-refractivity contribution in [2.75, 3.05) is 0 Å². The van der Waals surface area contributed by atoms with Crippen LogP contribution in [0.15, 0.2) is 35.7 Å². The Morgan fingerprint density at radius 2 is 2.06 bits per heavy atom. The Bertz CT molecular complexity index is 532. The van der Waals surface area contributed by atoms with Gasteiger partial charge in [0.05, 0.1) is 6.54 Å². The highest BCUT2D eigenvalue weighted by molar-refractivity contribution is 5.93. The molecule has 2 aromatic rings. The van der Waals surface area contributed by atoms with Crippen LogP contribution in [-0.4, -0.2) is 30.9 Å². The lowest BCUT2D eigenvalue weighted by Crippen LogP contribution is -2.15. The maximum Gasteiger partial charge on any atom is 0.219 e. The van der Waals surface area contributed by atoms with Crippen LogP contribution in [0, 0.1) is 0 Å². The summed E-state index contributed by atoms with van der Waals surface area (Å²) in [5.41, 5.74) is 6.31. The fraction of sp³-hybridized carbons (Fsp3) is 0.100. The largest absolute Gasteiger partial charge is 0.508 e. The Balaban J connectivity index is 2.14. The van der Waals surface area contributed by atoms with Crippen molar-refractivity contribution in [3.05, 3.63) is 42.0 Å². The van der Waals surface area contributed by atoms with E-state index in [1.54, 1.807) is 28.9 Å². The third-order valence-corrected chi connectivity index (χ3v) is 2.15. The number of aromatic hydroxyl groups is 1. The van der Waals surface area contributed by atoms with Crippen molar-refractivity contribution < 1.29 is 10.3 Å². The van der Waals surface area contributed by atoms with E-state index >= 15 is 0 Å². The summed E-state index contributed by atoms with van der Waals surface area (Å²) >= 11 is 0. The van der Waals surface area contributed by atoms with Gasteiger partial charge < -0.3 is 16.0 Å². The maximum absolute atomic E-state index is 9.14. The van der Waals surface area contributed by atoms with Crippen LogP contribution in [0.25, 0.3) is 0 Å². The zero-order valence-electron chi connectivity index (χ0n) is 8.85. The van der Waals surface area contributed by atoms with Crippen molar-refractivity contribution in [1.29, 1.82) is 0 Å². The summed E-state index contributed by atoms with van der Waals surface area (Å²) in [5.74, 6) is 0.255. The standard InChI is InChI=1S/C10H11N5O2/c11-9(14-17)10-12-6-15(13-10)5-7-1-3-8(16)4-2-7/h1-4,6,16-17H,5H2,(H2,11,14). The molecule has 7 heteroatoms. The number of nitrogens with zero attached hydrogens (tertiary/aromatic N) is 4. The van der Waals surface area contributed by atoms with Crippen LogP contribution >= 0.6 is 0 Å². The molecule has 0 amide bonds. The molecule has 0 saturated heterocycles. The second-order valence-corrected chi connectivity index (χ2v) is 3.42. The topological polar surface area (TPSA) is 110 Å². The smallest absolute Gasteiger partial charge is 0.219 e. The molecule has 0 spiro atoms. The van der Waals surface area contributed by atoms with Crippen LogP contribution in [-0.2, 0) is 6.54 Å². The van der Waals surface area contributed by atoms with Gasteiger partial charge in [0, 0.05) is 0 Å². The predicted octanol–water partition coefficient (Wildman–Crippen LogP) is 0.126. The van der Waals surface area contributed by atoms with Gasteiger partial charge in [-0.25, -0.2) is 9.67 Å². The lowest BCUT2D eigenvalue weighted by molar-refractivity contribution is 0.318. The van der Waals surface area contributed by atoms with Crippen molar-refractivity contribution in [3.8, 4) is 5.75 Å². The van der Waals surface area contributed by atoms with E-state index in [1.165, 1.54) is 6.33 Å². The third-order valence-electron chi connectivity index (χ3n) is 2.15. The molecule has 0 saturated carbocycles. The second kappa shape index (κ2) is 4.52. The molecular formula is C10H11N5O2. The summed E-state index contributed by atoms with van der Waals surface area (Å²) in [6, 6.07) is 6.74. The molecule has 0 bridgehead atoms. The first-order valence-electron chi connectivity index (χ1n) is 4.84. The average Bonchev–Trinajstić information content (AvgIpc) is 2.80. The van der Waals surface area contributed by atoms with E-state index in [4.69, 9.17) is 16.0 Å². The van der Waals surface area contributed by atoms with Crippen molar-refractivity contribution >= 4 is 5.84 Å². The van der Waals surface area contributed by atoms with Gasteiger partial charge in [-0.1, -0.05) is 17.3 Å². The summed E-state index contributed by atoms with van der Waals surface area (Å²) in [7, 11) is 0. The molecule has 0 atom stereocenters. The van der Waals surface area contributed by atoms with Gasteiger partial charge in [-0.15, -0.1) is 5.10 Å². The first kappa shape index (κ1) is 10.9. The molecule has 1 heterocycles. The van der Waals surface area contributed by atoms with Crippen molar-refractivity contribution in [2.45, 2.75) is 6.54 Å². The Morgan fingerprint density at radius 3 is 2.71 bits per heavy atom. The highest BCUT2D eigenvalue weighted by Crippen LogP contribution is 2.10. The molecule has 2 rings (SSSR count). The average molecular weight is 233 g/mol. The Morgan fingerprint density at radius 1 is 1.35 bits per heavy atom. The molecule has 0 fully saturated rings. The van der Waals surface area contributed by atoms with Crippen LogP contribution in [0.1, 0.15) is 11.4 Å². The summed E-state index contributed by atoms with van der Waals surface area (Å²) in [6.45, 7) is 0.492. The van der Waals surface area contributed by atoms with Gasteiger partial charge in [-0.05, 0) is 17.7 Å². The van der Waals surface area contributed by atoms with E-state index in [-0.39, 0.29) is 17.4 Å². The maximum atomic E-state index is 9.14. The molecule has 0 aliphatic rings. The zero-order valence-corrected chi connectivity index (χ0v) is 8.85. The normalized spacial score (nSPS) is 11.6. The predicted molar refractivity (Wildman–Crippen MR) is 59.7 cm³/mol. The molecule has 0 aliphatic carbocycles. The quantitative estimate of drug-likeness (QED) is 0.302. The number of hydrogen-bond donors (Lipinski definition) is 3. The molecule has 1 aromatic heterocycles. The number of aromatic nitrogens is 3. The van der Waals surface area contributed by atoms with Crippen molar-refractivity contribution in [2.24, 2.45) is 10.9 Å². The SMILES string of the molecule is NC(=NO)c1ncn(Cc2ccc(O)cc2)n1. The zero-order chi connectivity index (χ0) is 12.3. The molecule has 88 valence electrons. The van der Waals surface area contributed by atoms with Gasteiger partial charge in [-0.2, -0.15) is 0 Å². The fourth-order valence-corrected chi connectivity index (χ4v) is 1.32. The number of nitrogens with two attached hydrogens (primary N) is 1. The number of amidine groups is 1. The lowest BCUT2D eigenvalue weighted by Gasteiger charge is -2.00. The first-order valence-corrected chi connectivity index (χ1v) is 4.84. The van der Waals surface area contributed by atoms with E-state index in [9.17, 15) is 0 Å². The van der Waals surface area contributed by atoms with E-state index in [2.05, 4.69) is 15.2 Å². The van der Waals surface area contributed by atoms with Crippen molar-refractivity contribution in [1.82, 2.24) is 14.8 Å². The van der Waals surface area contributed by atoms with Crippen LogP contribution in [0.2, 0.25) is 0 Å². The molecule has 0 aliphatic heterocycles. The summed E-state index contributed by atoms with van der Waals surface area (Å²) < 4.78 is 1.56. The number of phenolic OH excluding ortho intramolecular Hbond substituents is 1. The minimum absolute atomic E-state index is 0.130. The Kier molecular flexibility index (Phi) is 2.91. The molecule has 17 heavy (non-hydrogen) atoms. The number of phenols is 1. The number of hydrogen-bond acceptors (Lipinski definition) is 5. The number of benzene rings is 1. The first-order chi connectivity index (χ1) is 8.19. The van der Waals surface area contributed by atoms with Gasteiger partial charge in [0.15, 0.2) is 0 Å². The van der Waals surface area contributed by atoms with Crippen LogP contribution in [0.3, 0.4) is 0 Å². The Labute approximate surface area is 96.8 Å². The fourth-order valence-electron chi connectivity index (χ4n) is 1.32. The minimum Gasteiger partial charge on any atom is -0.508 e. The third kappa shape index (κ3) is 2.51. The van der Waals surface area contributed by atoms with Gasteiger partial charge in [0.2, 0.25) is 11.7 Å². The highest BCUT2D eigenvalue weighted by atomic mass is 16.4. The van der Waals surface area contributed by atoms with Crippen LogP contribution in [0.4, 0.5) is 0 Å². The molecule has 1 aromatic carbocycles. The van der Waals surface area contributed by atoms with E-state index < -0.39 is 0 Å². The summed E-state index contributed by atoms with van der Waals surface area (Å²) in [6.07, 6.45) is 1.49. The Hall–Kier alpha value is -2.57. The highest BCUT2D eigenvalue weighted by Gasteiger charge is 2.05. The molecular weight excluding hydrogens is 222 g/mol. The van der Waals surface area contributed by atoms with Crippen LogP contribution < -0.4 is 5.73 Å². The number of rotatable bonds is 3. The second-order valence-electron chi connectivity index (χ2n) is 3.42. The monoisotopic (exact) mass is 233 g/mol. The van der Waals surface area contributed by atoms with E-state index in [1.807, 2.05) is 0 Å². The molecule has 7 nitrogen and oxygen atoms in total. The lowest BCUT2D eigenvalue weighted by atomic mass is 10.2. The summed E-state index contributed by atoms with van der Waals surface area (Å²) in [4.78, 5) is 3.89. The molecule has 0 radical (unpaired) electrons. The van der Waals surface area contributed by atoms with Gasteiger partial charge in [0.1, 0.15) is 12.1 Å². The van der Waals surface area contributed by atoms with Gasteiger partial charge in [-0.3, -0.25) is 0 Å². The van der Waals surface area contributed by atoms with E-state index in [0.29, 0.717) is 6.54 Å². The van der Waals surface area contributed by atoms with E-state index in [0.717, 1.165) is 5.56 Å². The van der Waals surface area contributed by atoms with Crippen LogP contribution in [0.5, 0.6) is 5.75 Å². The van der Waals surface area contributed by atoms with Crippen molar-refractivity contribution in [3.63, 3.8) is 0 Å². The molecule has 4 N–H and O–H groups in total. The van der Waals surface area contributed by atoms with Gasteiger partial charge >= 0.3 is 0 Å². The summed E-state index contributed by atoms with van der Waals surface area (Å²) in [5, 5.41) is 24.4. The number of oxime groups is 1.